The lowest BCUT2D eigenvalue weighted by molar-refractivity contribution is 0.318. The molecule has 3 heteroatoms. The Morgan fingerprint density at radius 2 is 2.31 bits per heavy atom. The second-order valence-corrected chi connectivity index (χ2v) is 3.49. The lowest BCUT2D eigenvalue weighted by atomic mass is 10.1. The summed E-state index contributed by atoms with van der Waals surface area (Å²) in [7, 11) is 0. The van der Waals surface area contributed by atoms with Crippen molar-refractivity contribution in [1.82, 2.24) is 9.78 Å². The van der Waals surface area contributed by atoms with Crippen LogP contribution in [0, 0.1) is 6.92 Å². The molecule has 1 aliphatic heterocycles. The highest BCUT2D eigenvalue weighted by atomic mass is 16.5. The van der Waals surface area contributed by atoms with Crippen molar-refractivity contribution in [2.75, 3.05) is 6.61 Å². The van der Waals surface area contributed by atoms with Crippen molar-refractivity contribution >= 4 is 0 Å². The van der Waals surface area contributed by atoms with Gasteiger partial charge in [-0.1, -0.05) is 0 Å². The van der Waals surface area contributed by atoms with Crippen LogP contribution >= 0.6 is 0 Å². The van der Waals surface area contributed by atoms with Crippen LogP contribution in [0.1, 0.15) is 31.0 Å². The van der Waals surface area contributed by atoms with Crippen LogP contribution in [0.3, 0.4) is 0 Å². The first kappa shape index (κ1) is 8.60. The highest BCUT2D eigenvalue weighted by Gasteiger charge is 2.17. The van der Waals surface area contributed by atoms with Crippen LogP contribution in [0.5, 0.6) is 5.88 Å². The summed E-state index contributed by atoms with van der Waals surface area (Å²) in [5, 5.41) is 4.43. The predicted octanol–water partition coefficient (Wildman–Crippen LogP) is 1.93. The minimum atomic E-state index is 0.706. The van der Waals surface area contributed by atoms with Gasteiger partial charge in [-0.15, -0.1) is 5.10 Å². The van der Waals surface area contributed by atoms with Crippen molar-refractivity contribution in [3.8, 4) is 5.88 Å². The van der Waals surface area contributed by atoms with Crippen LogP contribution in [0.4, 0.5) is 0 Å². The first-order valence-electron chi connectivity index (χ1n) is 5.02. The van der Waals surface area contributed by atoms with Crippen molar-refractivity contribution in [3.05, 3.63) is 11.3 Å². The van der Waals surface area contributed by atoms with Gasteiger partial charge in [-0.25, -0.2) is 0 Å². The molecule has 0 atom stereocenters. The highest BCUT2D eigenvalue weighted by Crippen LogP contribution is 2.25. The second kappa shape index (κ2) is 3.40. The average molecular weight is 180 g/mol. The molecule has 0 fully saturated rings. The number of ether oxygens (including phenoxy) is 1. The van der Waals surface area contributed by atoms with Crippen molar-refractivity contribution in [2.24, 2.45) is 0 Å². The van der Waals surface area contributed by atoms with E-state index < -0.39 is 0 Å². The molecule has 0 N–H and O–H groups in total. The normalized spacial score (nSPS) is 15.5. The molecule has 1 aliphatic rings. The Labute approximate surface area is 78.7 Å². The van der Waals surface area contributed by atoms with Gasteiger partial charge >= 0.3 is 0 Å². The summed E-state index contributed by atoms with van der Waals surface area (Å²) in [6, 6.07) is 0. The molecule has 72 valence electrons. The van der Waals surface area contributed by atoms with E-state index in [-0.39, 0.29) is 0 Å². The fourth-order valence-electron chi connectivity index (χ4n) is 1.89. The van der Waals surface area contributed by atoms with Crippen molar-refractivity contribution in [1.29, 1.82) is 0 Å². The molecular formula is C10H16N2O. The average Bonchev–Trinajstić information content (AvgIpc) is 2.46. The molecule has 2 heterocycles. The minimum absolute atomic E-state index is 0.706. The molecule has 1 aromatic heterocycles. The van der Waals surface area contributed by atoms with Crippen LogP contribution in [0.15, 0.2) is 0 Å². The lowest BCUT2D eigenvalue weighted by Crippen LogP contribution is -2.11. The fourth-order valence-corrected chi connectivity index (χ4v) is 1.89. The van der Waals surface area contributed by atoms with Crippen molar-refractivity contribution in [2.45, 2.75) is 39.7 Å². The molecule has 0 aromatic carbocycles. The third kappa shape index (κ3) is 1.43. The summed E-state index contributed by atoms with van der Waals surface area (Å²) in [6.07, 6.45) is 3.70. The number of hydrogen-bond acceptors (Lipinski definition) is 2. The van der Waals surface area contributed by atoms with E-state index in [9.17, 15) is 0 Å². The van der Waals surface area contributed by atoms with E-state index in [1.807, 2.05) is 6.92 Å². The third-order valence-corrected chi connectivity index (χ3v) is 2.59. The van der Waals surface area contributed by atoms with Crippen LogP contribution in [0.25, 0.3) is 0 Å². The molecule has 0 aliphatic carbocycles. The summed E-state index contributed by atoms with van der Waals surface area (Å²) in [6.45, 7) is 5.87. The van der Waals surface area contributed by atoms with Gasteiger partial charge in [0.15, 0.2) is 0 Å². The maximum absolute atomic E-state index is 5.46. The zero-order valence-electron chi connectivity index (χ0n) is 8.34. The summed E-state index contributed by atoms with van der Waals surface area (Å²) in [5.41, 5.74) is 2.61. The molecular weight excluding hydrogens is 164 g/mol. The summed E-state index contributed by atoms with van der Waals surface area (Å²) in [5.74, 6) is 0.833. The predicted molar refractivity (Wildman–Crippen MR) is 51.1 cm³/mol. The summed E-state index contributed by atoms with van der Waals surface area (Å²) >= 11 is 0. The van der Waals surface area contributed by atoms with Gasteiger partial charge in [0.05, 0.1) is 6.61 Å². The van der Waals surface area contributed by atoms with Gasteiger partial charge in [-0.3, -0.25) is 4.68 Å². The zero-order chi connectivity index (χ0) is 9.26. The molecule has 0 radical (unpaired) electrons. The standard InChI is InChI=1S/C10H16N2O/c1-3-13-10-8(2)9-6-4-5-7-12(9)11-10/h3-7H2,1-2H3. The quantitative estimate of drug-likeness (QED) is 0.695. The smallest absolute Gasteiger partial charge is 0.235 e. The van der Waals surface area contributed by atoms with E-state index in [4.69, 9.17) is 4.74 Å². The Hall–Kier alpha value is -0.990. The number of hydrogen-bond donors (Lipinski definition) is 0. The van der Waals surface area contributed by atoms with E-state index in [2.05, 4.69) is 16.7 Å². The summed E-state index contributed by atoms with van der Waals surface area (Å²) < 4.78 is 7.56. The number of nitrogens with zero attached hydrogens (tertiary/aromatic N) is 2. The van der Waals surface area contributed by atoms with Gasteiger partial charge in [0.1, 0.15) is 0 Å². The van der Waals surface area contributed by atoms with Gasteiger partial charge < -0.3 is 4.74 Å². The Kier molecular flexibility index (Phi) is 2.25. The Morgan fingerprint density at radius 3 is 3.00 bits per heavy atom. The largest absolute Gasteiger partial charge is 0.477 e. The molecule has 0 unspecified atom stereocenters. The van der Waals surface area contributed by atoms with E-state index in [1.54, 1.807) is 0 Å². The fraction of sp³-hybridized carbons (Fsp3) is 0.700. The van der Waals surface area contributed by atoms with E-state index in [0.717, 1.165) is 18.8 Å². The molecule has 0 saturated heterocycles. The minimum Gasteiger partial charge on any atom is -0.477 e. The van der Waals surface area contributed by atoms with Crippen LogP contribution in [-0.4, -0.2) is 16.4 Å². The number of aryl methyl sites for hydroxylation is 1. The number of aromatic nitrogens is 2. The molecule has 0 saturated carbocycles. The van der Waals surface area contributed by atoms with Crippen LogP contribution in [-0.2, 0) is 13.0 Å². The molecule has 3 nitrogen and oxygen atoms in total. The maximum Gasteiger partial charge on any atom is 0.235 e. The van der Waals surface area contributed by atoms with E-state index in [1.165, 1.54) is 24.1 Å². The van der Waals surface area contributed by atoms with Crippen LogP contribution in [0.2, 0.25) is 0 Å². The van der Waals surface area contributed by atoms with Crippen molar-refractivity contribution in [3.63, 3.8) is 0 Å². The first-order chi connectivity index (χ1) is 6.33. The monoisotopic (exact) mass is 180 g/mol. The molecule has 2 rings (SSSR count). The van der Waals surface area contributed by atoms with Gasteiger partial charge in [0, 0.05) is 17.8 Å². The molecule has 0 amide bonds. The number of rotatable bonds is 2. The van der Waals surface area contributed by atoms with Crippen LogP contribution < -0.4 is 4.74 Å². The van der Waals surface area contributed by atoms with Crippen molar-refractivity contribution < 1.29 is 4.74 Å². The Bertz CT molecular complexity index is 304. The van der Waals surface area contributed by atoms with Gasteiger partial charge in [0.2, 0.25) is 5.88 Å². The van der Waals surface area contributed by atoms with Gasteiger partial charge in [-0.05, 0) is 33.1 Å². The second-order valence-electron chi connectivity index (χ2n) is 3.49. The third-order valence-electron chi connectivity index (χ3n) is 2.59. The van der Waals surface area contributed by atoms with E-state index >= 15 is 0 Å². The molecule has 13 heavy (non-hydrogen) atoms. The highest BCUT2D eigenvalue weighted by molar-refractivity contribution is 5.30. The maximum atomic E-state index is 5.46. The Balaban J connectivity index is 2.33. The zero-order valence-corrected chi connectivity index (χ0v) is 8.34. The van der Waals surface area contributed by atoms with E-state index in [0.29, 0.717) is 6.61 Å². The summed E-state index contributed by atoms with van der Waals surface area (Å²) in [4.78, 5) is 0. The SMILES string of the molecule is CCOc1nn2c(c1C)CCCC2. The number of fused-ring (bicyclic) bond motifs is 1. The first-order valence-corrected chi connectivity index (χ1v) is 5.02. The van der Waals surface area contributed by atoms with Gasteiger partial charge in [0.25, 0.3) is 0 Å². The lowest BCUT2D eigenvalue weighted by Gasteiger charge is -2.12. The Morgan fingerprint density at radius 1 is 1.46 bits per heavy atom. The van der Waals surface area contributed by atoms with Gasteiger partial charge in [-0.2, -0.15) is 0 Å². The topological polar surface area (TPSA) is 27.1 Å². The molecule has 0 spiro atoms. The molecule has 0 bridgehead atoms. The molecule has 1 aromatic rings.